The smallest absolute Gasteiger partial charge is 0.166 e. The third-order valence-electron chi connectivity index (χ3n) is 6.79. The molecule has 0 unspecified atom stereocenters. The van der Waals surface area contributed by atoms with Crippen LogP contribution in [0.3, 0.4) is 0 Å². The number of halogens is 2. The molecule has 0 spiro atoms. The highest BCUT2D eigenvalue weighted by molar-refractivity contribution is 5.83. The lowest BCUT2D eigenvalue weighted by Crippen LogP contribution is -2.20. The fourth-order valence-corrected chi connectivity index (χ4v) is 4.98. The SMILES string of the molecule is CCCc1c(-c2cccc(F)c2F)c(-c2ccccc2)nn1CC1CCC(CC)CC1. The Kier molecular flexibility index (Phi) is 6.84. The molecule has 164 valence electrons. The Balaban J connectivity index is 1.81. The van der Waals surface area contributed by atoms with Crippen LogP contribution in [0.5, 0.6) is 0 Å². The van der Waals surface area contributed by atoms with Crippen molar-refractivity contribution in [3.8, 4) is 22.4 Å². The molecule has 4 rings (SSSR count). The largest absolute Gasteiger partial charge is 0.268 e. The second kappa shape index (κ2) is 9.76. The predicted octanol–water partition coefficient (Wildman–Crippen LogP) is 7.66. The molecule has 2 aromatic carbocycles. The molecule has 0 amide bonds. The molecule has 0 saturated heterocycles. The summed E-state index contributed by atoms with van der Waals surface area (Å²) in [7, 11) is 0. The molecule has 1 aromatic heterocycles. The highest BCUT2D eigenvalue weighted by Gasteiger charge is 2.26. The molecule has 2 nitrogen and oxygen atoms in total. The van der Waals surface area contributed by atoms with Crippen molar-refractivity contribution in [2.45, 2.75) is 65.3 Å². The first-order valence-corrected chi connectivity index (χ1v) is 11.7. The van der Waals surface area contributed by atoms with Gasteiger partial charge >= 0.3 is 0 Å². The standard InChI is InChI=1S/C27H32F2N2/c1-3-9-24-25(22-12-8-13-23(28)26(22)29)27(21-10-6-5-7-11-21)30-31(24)18-20-16-14-19(4-2)15-17-20/h5-8,10-13,19-20H,3-4,9,14-18H2,1-2H3. The average Bonchev–Trinajstić information content (AvgIpc) is 3.15. The van der Waals surface area contributed by atoms with Gasteiger partial charge in [-0.2, -0.15) is 5.10 Å². The van der Waals surface area contributed by atoms with E-state index in [0.717, 1.165) is 47.8 Å². The van der Waals surface area contributed by atoms with Crippen LogP contribution in [0, 0.1) is 23.5 Å². The van der Waals surface area contributed by atoms with Crippen molar-refractivity contribution in [2.75, 3.05) is 0 Å². The third kappa shape index (κ3) is 4.58. The van der Waals surface area contributed by atoms with E-state index < -0.39 is 11.6 Å². The number of nitrogens with zero attached hydrogens (tertiary/aromatic N) is 2. The van der Waals surface area contributed by atoms with Crippen molar-refractivity contribution in [1.29, 1.82) is 0 Å². The van der Waals surface area contributed by atoms with Gasteiger partial charge in [-0.15, -0.1) is 0 Å². The normalized spacial score (nSPS) is 19.0. The quantitative estimate of drug-likeness (QED) is 0.382. The van der Waals surface area contributed by atoms with Gasteiger partial charge in [0.2, 0.25) is 0 Å². The van der Waals surface area contributed by atoms with Gasteiger partial charge in [0.05, 0.1) is 0 Å². The summed E-state index contributed by atoms with van der Waals surface area (Å²) < 4.78 is 31.2. The molecule has 0 N–H and O–H groups in total. The molecule has 1 saturated carbocycles. The second-order valence-corrected chi connectivity index (χ2v) is 8.86. The van der Waals surface area contributed by atoms with Crippen LogP contribution in [0.15, 0.2) is 48.5 Å². The molecular weight excluding hydrogens is 390 g/mol. The van der Waals surface area contributed by atoms with Gasteiger partial charge in [0.1, 0.15) is 5.69 Å². The fraction of sp³-hybridized carbons (Fsp3) is 0.444. The van der Waals surface area contributed by atoms with Crippen LogP contribution in [-0.2, 0) is 13.0 Å². The van der Waals surface area contributed by atoms with Gasteiger partial charge in [-0.3, -0.25) is 4.68 Å². The van der Waals surface area contributed by atoms with Crippen molar-refractivity contribution in [2.24, 2.45) is 11.8 Å². The lowest BCUT2D eigenvalue weighted by atomic mass is 9.81. The molecular formula is C27H32F2N2. The predicted molar refractivity (Wildman–Crippen MR) is 123 cm³/mol. The van der Waals surface area contributed by atoms with Gasteiger partial charge in [-0.1, -0.05) is 82.0 Å². The Morgan fingerprint density at radius 3 is 2.29 bits per heavy atom. The van der Waals surface area contributed by atoms with Crippen LogP contribution >= 0.6 is 0 Å². The molecule has 1 fully saturated rings. The zero-order valence-electron chi connectivity index (χ0n) is 18.6. The topological polar surface area (TPSA) is 17.8 Å². The number of aromatic nitrogens is 2. The molecule has 0 bridgehead atoms. The lowest BCUT2D eigenvalue weighted by molar-refractivity contribution is 0.240. The number of benzene rings is 2. The zero-order chi connectivity index (χ0) is 21.8. The summed E-state index contributed by atoms with van der Waals surface area (Å²) in [6.45, 7) is 5.25. The van der Waals surface area contributed by atoms with Crippen LogP contribution in [-0.4, -0.2) is 9.78 Å². The van der Waals surface area contributed by atoms with Gasteiger partial charge < -0.3 is 0 Å². The van der Waals surface area contributed by atoms with E-state index in [-0.39, 0.29) is 0 Å². The minimum Gasteiger partial charge on any atom is -0.268 e. The maximum Gasteiger partial charge on any atom is 0.166 e. The first-order chi connectivity index (χ1) is 15.1. The molecule has 0 radical (unpaired) electrons. The van der Waals surface area contributed by atoms with Crippen molar-refractivity contribution in [3.63, 3.8) is 0 Å². The summed E-state index contributed by atoms with van der Waals surface area (Å²) in [5.74, 6) is -0.169. The highest BCUT2D eigenvalue weighted by Crippen LogP contribution is 2.39. The molecule has 3 aromatic rings. The van der Waals surface area contributed by atoms with E-state index in [9.17, 15) is 8.78 Å². The molecule has 31 heavy (non-hydrogen) atoms. The minimum atomic E-state index is -0.815. The van der Waals surface area contributed by atoms with Crippen molar-refractivity contribution < 1.29 is 8.78 Å². The average molecular weight is 423 g/mol. The van der Waals surface area contributed by atoms with E-state index in [1.165, 1.54) is 38.2 Å². The van der Waals surface area contributed by atoms with Gasteiger partial charge in [0.15, 0.2) is 11.6 Å². The number of rotatable bonds is 7. The van der Waals surface area contributed by atoms with E-state index in [0.29, 0.717) is 11.5 Å². The summed E-state index contributed by atoms with van der Waals surface area (Å²) in [6.07, 6.45) is 7.96. The maximum atomic E-state index is 14.9. The van der Waals surface area contributed by atoms with E-state index in [4.69, 9.17) is 5.10 Å². The van der Waals surface area contributed by atoms with Gasteiger partial charge in [-0.25, -0.2) is 8.78 Å². The Labute approximate surface area is 184 Å². The molecule has 4 heteroatoms. The van der Waals surface area contributed by atoms with E-state index in [1.807, 2.05) is 30.3 Å². The Hall–Kier alpha value is -2.49. The molecule has 1 heterocycles. The van der Waals surface area contributed by atoms with Crippen LogP contribution in [0.4, 0.5) is 8.78 Å². The molecule has 0 atom stereocenters. The summed E-state index contributed by atoms with van der Waals surface area (Å²) in [5.41, 5.74) is 3.75. The van der Waals surface area contributed by atoms with E-state index in [1.54, 1.807) is 12.1 Å². The zero-order valence-corrected chi connectivity index (χ0v) is 18.6. The van der Waals surface area contributed by atoms with Crippen LogP contribution in [0.1, 0.15) is 58.1 Å². The Morgan fingerprint density at radius 2 is 1.61 bits per heavy atom. The van der Waals surface area contributed by atoms with E-state index >= 15 is 0 Å². The van der Waals surface area contributed by atoms with Crippen molar-refractivity contribution >= 4 is 0 Å². The van der Waals surface area contributed by atoms with Crippen LogP contribution in [0.25, 0.3) is 22.4 Å². The number of hydrogen-bond donors (Lipinski definition) is 0. The first kappa shape index (κ1) is 21.7. The van der Waals surface area contributed by atoms with Crippen molar-refractivity contribution in [1.82, 2.24) is 9.78 Å². The second-order valence-electron chi connectivity index (χ2n) is 8.86. The number of hydrogen-bond acceptors (Lipinski definition) is 1. The van der Waals surface area contributed by atoms with Gasteiger partial charge in [0, 0.05) is 28.9 Å². The molecule has 1 aliphatic rings. The van der Waals surface area contributed by atoms with Gasteiger partial charge in [0.25, 0.3) is 0 Å². The minimum absolute atomic E-state index is 0.309. The Morgan fingerprint density at radius 1 is 0.903 bits per heavy atom. The fourth-order valence-electron chi connectivity index (χ4n) is 4.98. The monoisotopic (exact) mass is 422 g/mol. The Bertz CT molecular complexity index is 1000. The third-order valence-corrected chi connectivity index (χ3v) is 6.79. The van der Waals surface area contributed by atoms with Crippen molar-refractivity contribution in [3.05, 3.63) is 65.9 Å². The summed E-state index contributed by atoms with van der Waals surface area (Å²) in [4.78, 5) is 0. The van der Waals surface area contributed by atoms with Gasteiger partial charge in [-0.05, 0) is 37.2 Å². The highest BCUT2D eigenvalue weighted by atomic mass is 19.2. The maximum absolute atomic E-state index is 14.9. The lowest BCUT2D eigenvalue weighted by Gasteiger charge is -2.28. The van der Waals surface area contributed by atoms with E-state index in [2.05, 4.69) is 18.5 Å². The summed E-state index contributed by atoms with van der Waals surface area (Å²) in [5, 5.41) is 5.01. The first-order valence-electron chi connectivity index (χ1n) is 11.7. The summed E-state index contributed by atoms with van der Waals surface area (Å²) >= 11 is 0. The molecule has 0 aliphatic heterocycles. The summed E-state index contributed by atoms with van der Waals surface area (Å²) in [6, 6.07) is 14.3. The molecule has 1 aliphatic carbocycles. The van der Waals surface area contributed by atoms with Crippen LogP contribution in [0.2, 0.25) is 0 Å². The van der Waals surface area contributed by atoms with Crippen LogP contribution < -0.4 is 0 Å².